The molecule has 0 unspecified atom stereocenters. The molecule has 1 aromatic heterocycles. The van der Waals surface area contributed by atoms with Crippen molar-refractivity contribution < 1.29 is 33.3 Å². The Kier molecular flexibility index (Phi) is 10.3. The molecule has 0 saturated carbocycles. The number of nitrogens with zero attached hydrogens (tertiary/aromatic N) is 2. The topological polar surface area (TPSA) is 115 Å². The van der Waals surface area contributed by atoms with Gasteiger partial charge in [-0.05, 0) is 50.1 Å². The number of allylic oxidation sites excluding steroid dienone is 1. The fourth-order valence-electron chi connectivity index (χ4n) is 4.52. The van der Waals surface area contributed by atoms with Crippen LogP contribution in [0.3, 0.4) is 0 Å². The molecule has 42 heavy (non-hydrogen) atoms. The molecule has 2 heterocycles. The molecule has 1 atom stereocenters. The zero-order valence-corrected chi connectivity index (χ0v) is 25.1. The van der Waals surface area contributed by atoms with Gasteiger partial charge in [-0.1, -0.05) is 42.5 Å². The Morgan fingerprint density at radius 2 is 1.76 bits per heavy atom. The maximum absolute atomic E-state index is 14.0. The van der Waals surface area contributed by atoms with E-state index in [1.807, 2.05) is 13.0 Å². The van der Waals surface area contributed by atoms with E-state index in [2.05, 4.69) is 4.99 Å². The summed E-state index contributed by atoms with van der Waals surface area (Å²) < 4.78 is 29.2. The summed E-state index contributed by atoms with van der Waals surface area (Å²) in [4.78, 5) is 44.6. The Morgan fingerprint density at radius 3 is 2.43 bits per heavy atom. The summed E-state index contributed by atoms with van der Waals surface area (Å²) in [6.45, 7) is 6.41. The van der Waals surface area contributed by atoms with Gasteiger partial charge in [0.25, 0.3) is 5.56 Å². The van der Waals surface area contributed by atoms with Gasteiger partial charge in [0.1, 0.15) is 12.6 Å². The number of rotatable bonds is 12. The number of para-hydroxylation sites is 1. The largest absolute Gasteiger partial charge is 0.493 e. The summed E-state index contributed by atoms with van der Waals surface area (Å²) in [5.41, 5.74) is 2.02. The van der Waals surface area contributed by atoms with Crippen molar-refractivity contribution in [2.24, 2.45) is 4.99 Å². The number of fused-ring (bicyclic) bond motifs is 1. The van der Waals surface area contributed by atoms with Gasteiger partial charge < -0.3 is 23.7 Å². The summed E-state index contributed by atoms with van der Waals surface area (Å²) in [6.07, 6.45) is 2.47. The molecule has 222 valence electrons. The van der Waals surface area contributed by atoms with Crippen LogP contribution in [0.1, 0.15) is 54.7 Å². The van der Waals surface area contributed by atoms with E-state index in [0.717, 1.165) is 6.42 Å². The number of benzene rings is 2. The average Bonchev–Trinajstić information content (AvgIpc) is 3.29. The SMILES string of the molecule is CCCOc1c(OC)cccc1[C@H]1C(C(=O)OCCOC)=C(C)N=c2s/c(=C/c3ccc(C(=O)OCC)cc3)c(=O)n21. The molecule has 0 radical (unpaired) electrons. The first-order valence-electron chi connectivity index (χ1n) is 13.6. The molecule has 4 rings (SSSR count). The lowest BCUT2D eigenvalue weighted by molar-refractivity contribution is -0.140. The first-order chi connectivity index (χ1) is 20.3. The second-order valence-electron chi connectivity index (χ2n) is 9.28. The summed E-state index contributed by atoms with van der Waals surface area (Å²) in [7, 11) is 3.06. The highest BCUT2D eigenvalue weighted by Crippen LogP contribution is 2.40. The van der Waals surface area contributed by atoms with Gasteiger partial charge in [-0.25, -0.2) is 14.6 Å². The Morgan fingerprint density at radius 1 is 1.00 bits per heavy atom. The van der Waals surface area contributed by atoms with Crippen LogP contribution in [0, 0.1) is 0 Å². The van der Waals surface area contributed by atoms with Gasteiger partial charge in [-0.2, -0.15) is 0 Å². The molecule has 0 spiro atoms. The number of thiazole rings is 1. The number of carbonyl (C=O) groups is 2. The minimum atomic E-state index is -0.883. The summed E-state index contributed by atoms with van der Waals surface area (Å²) in [6, 6.07) is 11.3. The molecule has 1 aliphatic heterocycles. The Balaban J connectivity index is 1.89. The predicted octanol–water partition coefficient (Wildman–Crippen LogP) is 3.40. The zero-order chi connectivity index (χ0) is 30.2. The molecule has 11 heteroatoms. The van der Waals surface area contributed by atoms with Gasteiger partial charge in [0.2, 0.25) is 0 Å². The number of aromatic nitrogens is 1. The minimum Gasteiger partial charge on any atom is -0.493 e. The van der Waals surface area contributed by atoms with E-state index in [1.165, 1.54) is 30.1 Å². The Hall–Kier alpha value is -4.22. The van der Waals surface area contributed by atoms with E-state index in [9.17, 15) is 14.4 Å². The highest BCUT2D eigenvalue weighted by Gasteiger charge is 2.36. The third-order valence-electron chi connectivity index (χ3n) is 6.46. The van der Waals surface area contributed by atoms with Gasteiger partial charge in [0.15, 0.2) is 16.3 Å². The molecule has 2 aromatic carbocycles. The quantitative estimate of drug-likeness (QED) is 0.232. The van der Waals surface area contributed by atoms with Crippen LogP contribution < -0.4 is 24.4 Å². The van der Waals surface area contributed by atoms with Crippen molar-refractivity contribution >= 4 is 29.4 Å². The second-order valence-corrected chi connectivity index (χ2v) is 10.3. The maximum Gasteiger partial charge on any atom is 0.338 e. The molecule has 0 fully saturated rings. The molecule has 10 nitrogen and oxygen atoms in total. The van der Waals surface area contributed by atoms with Crippen molar-refractivity contribution in [3.63, 3.8) is 0 Å². The van der Waals surface area contributed by atoms with Crippen LogP contribution in [0.25, 0.3) is 6.08 Å². The van der Waals surface area contributed by atoms with E-state index < -0.39 is 18.0 Å². The summed E-state index contributed by atoms with van der Waals surface area (Å²) in [5.74, 6) is -0.103. The fourth-order valence-corrected chi connectivity index (χ4v) is 5.57. The van der Waals surface area contributed by atoms with Crippen LogP contribution >= 0.6 is 11.3 Å². The number of ether oxygens (including phenoxy) is 5. The molecule has 1 aliphatic rings. The molecular weight excluding hydrogens is 560 g/mol. The number of methoxy groups -OCH3 is 2. The third kappa shape index (κ3) is 6.47. The number of esters is 2. The monoisotopic (exact) mass is 594 g/mol. The highest BCUT2D eigenvalue weighted by molar-refractivity contribution is 7.07. The first-order valence-corrected chi connectivity index (χ1v) is 14.4. The third-order valence-corrected chi connectivity index (χ3v) is 7.44. The predicted molar refractivity (Wildman–Crippen MR) is 158 cm³/mol. The van der Waals surface area contributed by atoms with Crippen molar-refractivity contribution in [1.82, 2.24) is 4.57 Å². The number of hydrogen-bond acceptors (Lipinski definition) is 10. The van der Waals surface area contributed by atoms with E-state index >= 15 is 0 Å². The van der Waals surface area contributed by atoms with E-state index in [1.54, 1.807) is 56.3 Å². The molecule has 0 amide bonds. The summed E-state index contributed by atoms with van der Waals surface area (Å²) in [5, 5.41) is 0. The van der Waals surface area contributed by atoms with Crippen LogP contribution in [0.5, 0.6) is 11.5 Å². The summed E-state index contributed by atoms with van der Waals surface area (Å²) >= 11 is 1.20. The molecule has 0 saturated heterocycles. The van der Waals surface area contributed by atoms with Crippen molar-refractivity contribution in [2.75, 3.05) is 40.6 Å². The number of carbonyl (C=O) groups excluding carboxylic acids is 2. The van der Waals surface area contributed by atoms with Gasteiger partial charge in [-0.15, -0.1) is 0 Å². The van der Waals surface area contributed by atoms with Crippen molar-refractivity contribution in [3.8, 4) is 11.5 Å². The second kappa shape index (κ2) is 14.1. The van der Waals surface area contributed by atoms with Crippen molar-refractivity contribution in [1.29, 1.82) is 0 Å². The van der Waals surface area contributed by atoms with Crippen LogP contribution in [-0.2, 0) is 19.0 Å². The maximum atomic E-state index is 14.0. The molecule has 0 aliphatic carbocycles. The van der Waals surface area contributed by atoms with E-state index in [-0.39, 0.29) is 31.0 Å². The Labute approximate surface area is 247 Å². The molecule has 0 N–H and O–H groups in total. The van der Waals surface area contributed by atoms with Crippen LogP contribution in [0.2, 0.25) is 0 Å². The molecule has 0 bridgehead atoms. The zero-order valence-electron chi connectivity index (χ0n) is 24.3. The van der Waals surface area contributed by atoms with E-state index in [0.29, 0.717) is 49.8 Å². The van der Waals surface area contributed by atoms with E-state index in [4.69, 9.17) is 23.7 Å². The lowest BCUT2D eigenvalue weighted by Crippen LogP contribution is -2.40. The first kappa shape index (κ1) is 30.7. The van der Waals surface area contributed by atoms with Gasteiger partial charge in [-0.3, -0.25) is 9.36 Å². The minimum absolute atomic E-state index is 0.0440. The van der Waals surface area contributed by atoms with Crippen LogP contribution in [0.15, 0.2) is 63.5 Å². The van der Waals surface area contributed by atoms with Crippen LogP contribution in [0.4, 0.5) is 0 Å². The molecule has 3 aromatic rings. The van der Waals surface area contributed by atoms with Gasteiger partial charge >= 0.3 is 11.9 Å². The lowest BCUT2D eigenvalue weighted by Gasteiger charge is -2.27. The standard InChI is InChI=1S/C31H34N2O8S/c1-6-15-40-27-22(9-8-10-23(27)38-5)26-25(30(36)41-17-16-37-4)19(3)32-31-33(26)28(34)24(42-31)18-20-11-13-21(14-12-20)29(35)39-7-2/h8-14,18,26H,6-7,15-17H2,1-5H3/b24-18+/t26-/m0/s1. The van der Waals surface area contributed by atoms with Gasteiger partial charge in [0, 0.05) is 12.7 Å². The fraction of sp³-hybridized carbons (Fsp3) is 0.355. The lowest BCUT2D eigenvalue weighted by atomic mass is 9.94. The van der Waals surface area contributed by atoms with Crippen molar-refractivity contribution in [2.45, 2.75) is 33.2 Å². The normalized spacial score (nSPS) is 14.7. The van der Waals surface area contributed by atoms with Gasteiger partial charge in [0.05, 0.1) is 48.3 Å². The smallest absolute Gasteiger partial charge is 0.338 e. The molecular formula is C31H34N2O8S. The number of hydrogen-bond donors (Lipinski definition) is 0. The van der Waals surface area contributed by atoms with Crippen LogP contribution in [-0.4, -0.2) is 57.2 Å². The average molecular weight is 595 g/mol. The van der Waals surface area contributed by atoms with Crippen molar-refractivity contribution in [3.05, 3.63) is 90.1 Å². The highest BCUT2D eigenvalue weighted by atomic mass is 32.1. The Bertz CT molecular complexity index is 1650.